The van der Waals surface area contributed by atoms with Crippen molar-refractivity contribution in [1.82, 2.24) is 30.0 Å². The van der Waals surface area contributed by atoms with E-state index in [-0.39, 0.29) is 11.9 Å². The van der Waals surface area contributed by atoms with Crippen molar-refractivity contribution in [2.45, 2.75) is 32.7 Å². The van der Waals surface area contributed by atoms with Gasteiger partial charge in [0.1, 0.15) is 11.4 Å². The van der Waals surface area contributed by atoms with Gasteiger partial charge in [0.05, 0.1) is 5.69 Å². The number of nitrogens with zero attached hydrogens (tertiary/aromatic N) is 5. The van der Waals surface area contributed by atoms with E-state index in [1.54, 1.807) is 48.3 Å². The lowest BCUT2D eigenvalue weighted by atomic mass is 10.0. The van der Waals surface area contributed by atoms with E-state index in [1.165, 1.54) is 12.8 Å². The summed E-state index contributed by atoms with van der Waals surface area (Å²) in [5.74, 6) is 0.561. The van der Waals surface area contributed by atoms with E-state index < -0.39 is 0 Å². The predicted octanol–water partition coefficient (Wildman–Crippen LogP) is 4.78. The van der Waals surface area contributed by atoms with Crippen molar-refractivity contribution in [3.8, 4) is 11.4 Å². The summed E-state index contributed by atoms with van der Waals surface area (Å²) in [5, 5.41) is 11.9. The molecule has 2 aromatic heterocycles. The lowest BCUT2D eigenvalue weighted by Crippen LogP contribution is -2.46. The summed E-state index contributed by atoms with van der Waals surface area (Å²) in [6.45, 7) is 7.33. The molecule has 1 aliphatic heterocycles. The minimum absolute atomic E-state index is 0.0725. The van der Waals surface area contributed by atoms with Crippen molar-refractivity contribution in [2.75, 3.05) is 25.0 Å². The van der Waals surface area contributed by atoms with Crippen molar-refractivity contribution >= 4 is 40.7 Å². The second-order valence-corrected chi connectivity index (χ2v) is 9.79. The number of likely N-dealkylation sites (tertiary alicyclic amines) is 1. The Morgan fingerprint density at radius 1 is 1.09 bits per heavy atom. The lowest BCUT2D eigenvalue weighted by molar-refractivity contribution is 0.0903. The van der Waals surface area contributed by atoms with Crippen molar-refractivity contribution in [3.63, 3.8) is 0 Å². The first-order valence-electron chi connectivity index (χ1n) is 11.4. The third-order valence-corrected chi connectivity index (χ3v) is 6.36. The van der Waals surface area contributed by atoms with Crippen LogP contribution in [0.5, 0.6) is 0 Å². The first-order valence-corrected chi connectivity index (χ1v) is 12.2. The fourth-order valence-corrected chi connectivity index (χ4v) is 4.56. The van der Waals surface area contributed by atoms with E-state index in [9.17, 15) is 4.79 Å². The number of halogens is 2. The molecule has 3 aromatic rings. The van der Waals surface area contributed by atoms with Gasteiger partial charge in [-0.1, -0.05) is 37.0 Å². The Morgan fingerprint density at radius 2 is 1.79 bits per heavy atom. The molecule has 0 saturated carbocycles. The van der Waals surface area contributed by atoms with Gasteiger partial charge < -0.3 is 15.5 Å². The Hall–Kier alpha value is -2.68. The summed E-state index contributed by atoms with van der Waals surface area (Å²) in [5.41, 5.74) is 2.34. The molecule has 4 rings (SSSR count). The Kier molecular flexibility index (Phi) is 7.70. The normalized spacial score (nSPS) is 15.0. The molecular weight excluding hydrogens is 473 g/mol. The molecule has 0 bridgehead atoms. The van der Waals surface area contributed by atoms with Gasteiger partial charge in [-0.2, -0.15) is 5.10 Å². The van der Waals surface area contributed by atoms with Gasteiger partial charge in [0, 0.05) is 41.6 Å². The molecule has 0 spiro atoms. The number of amides is 1. The standard InChI is InChI=1S/C24H29Cl2N7O/c1-15(2)21(14-33-8-4-5-9-33)29-23(34)22-13-20(31-32(22)3)19-6-7-27-24(30-19)28-18-11-16(25)10-17(26)12-18/h6-7,10-13,15,21H,4-5,8-9,14H2,1-3H3,(H,29,34)(H,27,28,30)/t21-/m1/s1. The SMILES string of the molecule is CC(C)[C@@H](CN1CCCC1)NC(=O)c1cc(-c2ccnc(Nc3cc(Cl)cc(Cl)c3)n2)nn1C. The van der Waals surface area contributed by atoms with E-state index in [0.29, 0.717) is 44.7 Å². The smallest absolute Gasteiger partial charge is 0.269 e. The maximum atomic E-state index is 13.1. The largest absolute Gasteiger partial charge is 0.346 e. The van der Waals surface area contributed by atoms with Crippen LogP contribution in [0.25, 0.3) is 11.4 Å². The predicted molar refractivity (Wildman–Crippen MR) is 136 cm³/mol. The minimum atomic E-state index is -0.139. The molecule has 0 radical (unpaired) electrons. The molecule has 180 valence electrons. The first-order chi connectivity index (χ1) is 16.3. The molecule has 8 nitrogen and oxygen atoms in total. The molecular formula is C24H29Cl2N7O. The Bertz CT molecular complexity index is 1140. The molecule has 1 fully saturated rings. The highest BCUT2D eigenvalue weighted by atomic mass is 35.5. The molecule has 1 atom stereocenters. The van der Waals surface area contributed by atoms with Gasteiger partial charge in [0.2, 0.25) is 5.95 Å². The molecule has 2 N–H and O–H groups in total. The minimum Gasteiger partial charge on any atom is -0.346 e. The van der Waals surface area contributed by atoms with E-state index >= 15 is 0 Å². The van der Waals surface area contributed by atoms with Crippen molar-refractivity contribution in [1.29, 1.82) is 0 Å². The highest BCUT2D eigenvalue weighted by Gasteiger charge is 2.24. The van der Waals surface area contributed by atoms with Gasteiger partial charge in [-0.15, -0.1) is 0 Å². The van der Waals surface area contributed by atoms with Crippen LogP contribution in [0, 0.1) is 5.92 Å². The number of hydrogen-bond donors (Lipinski definition) is 2. The summed E-state index contributed by atoms with van der Waals surface area (Å²) in [7, 11) is 1.76. The van der Waals surface area contributed by atoms with Crippen molar-refractivity contribution in [2.24, 2.45) is 13.0 Å². The number of aromatic nitrogens is 4. The van der Waals surface area contributed by atoms with Gasteiger partial charge >= 0.3 is 0 Å². The van der Waals surface area contributed by atoms with Crippen LogP contribution in [-0.4, -0.2) is 56.2 Å². The number of hydrogen-bond acceptors (Lipinski definition) is 6. The van der Waals surface area contributed by atoms with Crippen LogP contribution in [0.15, 0.2) is 36.5 Å². The number of carbonyl (C=O) groups excluding carboxylic acids is 1. The zero-order valence-electron chi connectivity index (χ0n) is 19.6. The van der Waals surface area contributed by atoms with E-state index in [4.69, 9.17) is 23.2 Å². The molecule has 34 heavy (non-hydrogen) atoms. The number of aryl methyl sites for hydroxylation is 1. The summed E-state index contributed by atoms with van der Waals surface area (Å²) < 4.78 is 1.59. The molecule has 1 aliphatic rings. The number of anilines is 2. The molecule has 3 heterocycles. The number of rotatable bonds is 8. The highest BCUT2D eigenvalue weighted by molar-refractivity contribution is 6.35. The highest BCUT2D eigenvalue weighted by Crippen LogP contribution is 2.25. The first kappa shape index (κ1) is 24.4. The summed E-state index contributed by atoms with van der Waals surface area (Å²) >= 11 is 12.2. The second kappa shape index (κ2) is 10.7. The third-order valence-electron chi connectivity index (χ3n) is 5.92. The van der Waals surface area contributed by atoms with Crippen LogP contribution in [0.2, 0.25) is 10.0 Å². The number of nitrogens with one attached hydrogen (secondary N) is 2. The lowest BCUT2D eigenvalue weighted by Gasteiger charge is -2.27. The maximum absolute atomic E-state index is 13.1. The van der Waals surface area contributed by atoms with Gasteiger partial charge in [0.15, 0.2) is 0 Å². The van der Waals surface area contributed by atoms with Gasteiger partial charge in [0.25, 0.3) is 5.91 Å². The molecule has 0 unspecified atom stereocenters. The number of carbonyl (C=O) groups is 1. The topological polar surface area (TPSA) is 88.0 Å². The quantitative estimate of drug-likeness (QED) is 0.461. The van der Waals surface area contributed by atoms with Crippen LogP contribution in [0.4, 0.5) is 11.6 Å². The van der Waals surface area contributed by atoms with Crippen LogP contribution >= 0.6 is 23.2 Å². The number of benzene rings is 1. The zero-order chi connectivity index (χ0) is 24.2. The van der Waals surface area contributed by atoms with E-state index in [0.717, 1.165) is 19.6 Å². The van der Waals surface area contributed by atoms with Crippen LogP contribution in [0.3, 0.4) is 0 Å². The fraction of sp³-hybridized carbons (Fsp3) is 0.417. The Balaban J connectivity index is 1.49. The molecule has 0 aliphatic carbocycles. The van der Waals surface area contributed by atoms with E-state index in [1.807, 2.05) is 0 Å². The molecule has 1 aromatic carbocycles. The summed E-state index contributed by atoms with van der Waals surface area (Å²) in [6, 6.07) is 8.71. The zero-order valence-corrected chi connectivity index (χ0v) is 21.1. The molecule has 1 amide bonds. The van der Waals surface area contributed by atoms with Crippen molar-refractivity contribution < 1.29 is 4.79 Å². The monoisotopic (exact) mass is 501 g/mol. The van der Waals surface area contributed by atoms with Crippen LogP contribution in [0.1, 0.15) is 37.2 Å². The average Bonchev–Trinajstić information content (AvgIpc) is 3.42. The van der Waals surface area contributed by atoms with E-state index in [2.05, 4.69) is 44.4 Å². The maximum Gasteiger partial charge on any atom is 0.269 e. The van der Waals surface area contributed by atoms with Gasteiger partial charge in [-0.05, 0) is 62.2 Å². The van der Waals surface area contributed by atoms with Gasteiger partial charge in [-0.3, -0.25) is 9.48 Å². The molecule has 10 heteroatoms. The fourth-order valence-electron chi connectivity index (χ4n) is 4.03. The summed E-state index contributed by atoms with van der Waals surface area (Å²) in [6.07, 6.45) is 4.09. The summed E-state index contributed by atoms with van der Waals surface area (Å²) in [4.78, 5) is 24.3. The van der Waals surface area contributed by atoms with Gasteiger partial charge in [-0.25, -0.2) is 9.97 Å². The van der Waals surface area contributed by atoms with Crippen molar-refractivity contribution in [3.05, 3.63) is 52.3 Å². The Labute approximate surface area is 209 Å². The van der Waals surface area contributed by atoms with Crippen LogP contribution < -0.4 is 10.6 Å². The third kappa shape index (κ3) is 6.05. The molecule has 1 saturated heterocycles. The Morgan fingerprint density at radius 3 is 2.47 bits per heavy atom. The average molecular weight is 502 g/mol. The van der Waals surface area contributed by atoms with Crippen LogP contribution in [-0.2, 0) is 7.05 Å². The second-order valence-electron chi connectivity index (χ2n) is 8.92.